The second-order valence-corrected chi connectivity index (χ2v) is 8.61. The van der Waals surface area contributed by atoms with E-state index in [9.17, 15) is 0 Å². The van der Waals surface area contributed by atoms with Crippen LogP contribution in [0.4, 0.5) is 5.82 Å². The fraction of sp³-hybridized carbons (Fsp3) is 0.609. The Labute approximate surface area is 169 Å². The van der Waals surface area contributed by atoms with Gasteiger partial charge in [0.15, 0.2) is 0 Å². The van der Waals surface area contributed by atoms with Crippen molar-refractivity contribution in [1.82, 2.24) is 20.3 Å². The summed E-state index contributed by atoms with van der Waals surface area (Å²) < 4.78 is 0. The van der Waals surface area contributed by atoms with E-state index in [0.29, 0.717) is 18.0 Å². The summed E-state index contributed by atoms with van der Waals surface area (Å²) >= 11 is 0. The molecule has 1 N–H and O–H groups in total. The molecular weight excluding hydrogens is 346 g/mol. The van der Waals surface area contributed by atoms with Crippen LogP contribution in [0.25, 0.3) is 0 Å². The van der Waals surface area contributed by atoms with E-state index in [0.717, 1.165) is 30.4 Å². The SMILES string of the molecule is Cc1cc(N2CCC(NC3CCCC(c4ncccc4C)C3)CC2)nc(C)n1. The van der Waals surface area contributed by atoms with Gasteiger partial charge in [-0.2, -0.15) is 0 Å². The molecule has 5 nitrogen and oxygen atoms in total. The van der Waals surface area contributed by atoms with E-state index < -0.39 is 0 Å². The van der Waals surface area contributed by atoms with Crippen LogP contribution in [0, 0.1) is 20.8 Å². The second-order valence-electron chi connectivity index (χ2n) is 8.61. The van der Waals surface area contributed by atoms with E-state index in [2.05, 4.69) is 46.2 Å². The fourth-order valence-corrected chi connectivity index (χ4v) is 4.98. The van der Waals surface area contributed by atoms with Crippen molar-refractivity contribution < 1.29 is 0 Å². The molecular formula is C23H33N5. The molecule has 28 heavy (non-hydrogen) atoms. The van der Waals surface area contributed by atoms with Gasteiger partial charge in [-0.05, 0) is 64.5 Å². The van der Waals surface area contributed by atoms with E-state index in [1.54, 1.807) is 0 Å². The van der Waals surface area contributed by atoms with Crippen LogP contribution in [0.15, 0.2) is 24.4 Å². The normalized spacial score (nSPS) is 23.8. The van der Waals surface area contributed by atoms with Crippen molar-refractivity contribution in [2.75, 3.05) is 18.0 Å². The summed E-state index contributed by atoms with van der Waals surface area (Å²) in [6.07, 6.45) is 9.43. The average molecular weight is 380 g/mol. The Hall–Kier alpha value is -2.01. The van der Waals surface area contributed by atoms with Gasteiger partial charge in [-0.15, -0.1) is 0 Å². The molecule has 0 aromatic carbocycles. The molecule has 2 atom stereocenters. The smallest absolute Gasteiger partial charge is 0.132 e. The Morgan fingerprint density at radius 2 is 1.82 bits per heavy atom. The number of anilines is 1. The largest absolute Gasteiger partial charge is 0.356 e. The van der Waals surface area contributed by atoms with E-state index >= 15 is 0 Å². The van der Waals surface area contributed by atoms with Gasteiger partial charge in [0.05, 0.1) is 0 Å². The Bertz CT molecular complexity index is 777. The highest BCUT2D eigenvalue weighted by Gasteiger charge is 2.28. The van der Waals surface area contributed by atoms with Crippen molar-refractivity contribution >= 4 is 5.82 Å². The highest BCUT2D eigenvalue weighted by Crippen LogP contribution is 2.34. The summed E-state index contributed by atoms with van der Waals surface area (Å²) in [4.78, 5) is 16.2. The van der Waals surface area contributed by atoms with Crippen molar-refractivity contribution in [2.24, 2.45) is 0 Å². The van der Waals surface area contributed by atoms with Gasteiger partial charge in [0.25, 0.3) is 0 Å². The first-order chi connectivity index (χ1) is 13.6. The van der Waals surface area contributed by atoms with Gasteiger partial charge in [0.1, 0.15) is 11.6 Å². The molecule has 3 heterocycles. The maximum Gasteiger partial charge on any atom is 0.132 e. The van der Waals surface area contributed by atoms with Gasteiger partial charge < -0.3 is 10.2 Å². The first-order valence-corrected chi connectivity index (χ1v) is 10.8. The molecule has 1 aliphatic heterocycles. The third-order valence-electron chi connectivity index (χ3n) is 6.35. The highest BCUT2D eigenvalue weighted by atomic mass is 15.2. The number of hydrogen-bond donors (Lipinski definition) is 1. The number of hydrogen-bond acceptors (Lipinski definition) is 5. The Kier molecular flexibility index (Phi) is 5.90. The maximum atomic E-state index is 4.69. The highest BCUT2D eigenvalue weighted by molar-refractivity contribution is 5.40. The lowest BCUT2D eigenvalue weighted by Crippen LogP contribution is -2.47. The lowest BCUT2D eigenvalue weighted by molar-refractivity contribution is 0.286. The monoisotopic (exact) mass is 379 g/mol. The van der Waals surface area contributed by atoms with Gasteiger partial charge in [-0.25, -0.2) is 9.97 Å². The van der Waals surface area contributed by atoms with Crippen molar-refractivity contribution in [3.8, 4) is 0 Å². The van der Waals surface area contributed by atoms with Crippen LogP contribution < -0.4 is 10.2 Å². The maximum absolute atomic E-state index is 4.69. The number of rotatable bonds is 4. The van der Waals surface area contributed by atoms with E-state index in [-0.39, 0.29) is 0 Å². The molecule has 0 bridgehead atoms. The standard InChI is InChI=1S/C23H33N5/c1-16-6-5-11-24-23(16)19-7-4-8-21(15-19)27-20-9-12-28(13-10-20)22-14-17(2)25-18(3)26-22/h5-6,11,14,19-21,27H,4,7-10,12-13,15H2,1-3H3. The van der Waals surface area contributed by atoms with Crippen molar-refractivity contribution in [2.45, 2.75) is 77.3 Å². The van der Waals surface area contributed by atoms with E-state index in [1.165, 1.54) is 49.8 Å². The quantitative estimate of drug-likeness (QED) is 0.867. The number of pyridine rings is 1. The van der Waals surface area contributed by atoms with Crippen LogP contribution in [0.1, 0.15) is 67.2 Å². The minimum absolute atomic E-state index is 0.611. The molecule has 2 aromatic heterocycles. The number of aryl methyl sites for hydroxylation is 3. The zero-order valence-corrected chi connectivity index (χ0v) is 17.5. The van der Waals surface area contributed by atoms with Crippen molar-refractivity contribution in [3.05, 3.63) is 47.2 Å². The molecule has 2 aromatic rings. The molecule has 0 radical (unpaired) electrons. The van der Waals surface area contributed by atoms with Crippen LogP contribution in [-0.2, 0) is 0 Å². The van der Waals surface area contributed by atoms with Gasteiger partial charge >= 0.3 is 0 Å². The summed E-state index contributed by atoms with van der Waals surface area (Å²) in [5.41, 5.74) is 3.72. The van der Waals surface area contributed by atoms with Crippen molar-refractivity contribution in [3.63, 3.8) is 0 Å². The number of piperidine rings is 1. The number of aromatic nitrogens is 3. The second kappa shape index (κ2) is 8.56. The van der Waals surface area contributed by atoms with Crippen LogP contribution in [-0.4, -0.2) is 40.1 Å². The molecule has 1 saturated carbocycles. The predicted molar refractivity (Wildman–Crippen MR) is 114 cm³/mol. The molecule has 2 aliphatic rings. The van der Waals surface area contributed by atoms with Gasteiger partial charge in [-0.1, -0.05) is 12.5 Å². The minimum atomic E-state index is 0.611. The zero-order chi connectivity index (χ0) is 19.5. The minimum Gasteiger partial charge on any atom is -0.356 e. The molecule has 4 rings (SSSR count). The zero-order valence-electron chi connectivity index (χ0n) is 17.5. The van der Waals surface area contributed by atoms with Gasteiger partial charge in [0, 0.05) is 54.7 Å². The lowest BCUT2D eigenvalue weighted by atomic mass is 9.82. The Morgan fingerprint density at radius 1 is 1.00 bits per heavy atom. The van der Waals surface area contributed by atoms with Gasteiger partial charge in [-0.3, -0.25) is 4.98 Å². The van der Waals surface area contributed by atoms with Crippen LogP contribution in [0.5, 0.6) is 0 Å². The number of nitrogens with one attached hydrogen (secondary N) is 1. The molecule has 0 amide bonds. The van der Waals surface area contributed by atoms with Gasteiger partial charge in [0.2, 0.25) is 0 Å². The fourth-order valence-electron chi connectivity index (χ4n) is 4.98. The Balaban J connectivity index is 1.31. The third-order valence-corrected chi connectivity index (χ3v) is 6.35. The Morgan fingerprint density at radius 3 is 2.57 bits per heavy atom. The lowest BCUT2D eigenvalue weighted by Gasteiger charge is -2.37. The number of nitrogens with zero attached hydrogens (tertiary/aromatic N) is 4. The molecule has 5 heteroatoms. The predicted octanol–water partition coefficient (Wildman–Crippen LogP) is 4.08. The summed E-state index contributed by atoms with van der Waals surface area (Å²) in [6, 6.07) is 7.60. The molecule has 1 aliphatic carbocycles. The van der Waals surface area contributed by atoms with Crippen molar-refractivity contribution in [1.29, 1.82) is 0 Å². The van der Waals surface area contributed by atoms with Crippen LogP contribution in [0.3, 0.4) is 0 Å². The average Bonchev–Trinajstić information content (AvgIpc) is 2.68. The first-order valence-electron chi connectivity index (χ1n) is 10.8. The summed E-state index contributed by atoms with van der Waals surface area (Å²) in [5, 5.41) is 3.98. The summed E-state index contributed by atoms with van der Waals surface area (Å²) in [5.74, 6) is 2.57. The molecule has 2 fully saturated rings. The summed E-state index contributed by atoms with van der Waals surface area (Å²) in [6.45, 7) is 8.38. The van der Waals surface area contributed by atoms with Crippen LogP contribution >= 0.6 is 0 Å². The van der Waals surface area contributed by atoms with Crippen LogP contribution in [0.2, 0.25) is 0 Å². The van der Waals surface area contributed by atoms with E-state index in [1.807, 2.05) is 19.2 Å². The molecule has 1 saturated heterocycles. The molecule has 0 spiro atoms. The third kappa shape index (κ3) is 4.52. The van der Waals surface area contributed by atoms with E-state index in [4.69, 9.17) is 4.98 Å². The topological polar surface area (TPSA) is 53.9 Å². The first kappa shape index (κ1) is 19.3. The molecule has 2 unspecified atom stereocenters. The molecule has 150 valence electrons. The summed E-state index contributed by atoms with van der Waals surface area (Å²) in [7, 11) is 0.